The first-order valence-electron chi connectivity index (χ1n) is 5.27. The maximum atomic E-state index is 9.96. The summed E-state index contributed by atoms with van der Waals surface area (Å²) in [5.41, 5.74) is 10.3. The van der Waals surface area contributed by atoms with Crippen molar-refractivity contribution in [2.75, 3.05) is 24.0 Å². The standard InChI is InChI=1S/2C5H11NO2S.Zn/c2*1-9-3-2-4(6)5(7)8;/h2*4H,2-3,6H2,1H3,(H,7,8);/q;;+2/p-2/t2*4-;/m00./s1. The summed E-state index contributed by atoms with van der Waals surface area (Å²) in [5.74, 6) is -0.780. The van der Waals surface area contributed by atoms with Crippen LogP contribution in [0.4, 0.5) is 0 Å². The molecule has 0 amide bonds. The fraction of sp³-hybridized carbons (Fsp3) is 0.800. The van der Waals surface area contributed by atoms with Gasteiger partial charge in [-0.25, -0.2) is 0 Å². The molecule has 0 rings (SSSR count). The van der Waals surface area contributed by atoms with Gasteiger partial charge in [0.2, 0.25) is 0 Å². The van der Waals surface area contributed by atoms with Gasteiger partial charge in [0.1, 0.15) is 0 Å². The van der Waals surface area contributed by atoms with Crippen molar-refractivity contribution >= 4 is 35.5 Å². The van der Waals surface area contributed by atoms with E-state index in [1.54, 1.807) is 23.5 Å². The number of carbonyl (C=O) groups excluding carboxylic acids is 2. The predicted molar refractivity (Wildman–Crippen MR) is 72.0 cm³/mol. The topological polar surface area (TPSA) is 132 Å². The molecule has 2 atom stereocenters. The molecule has 0 aliphatic rings. The number of aliphatic carboxylic acids is 2. The van der Waals surface area contributed by atoms with Gasteiger partial charge in [0.25, 0.3) is 0 Å². The van der Waals surface area contributed by atoms with Crippen molar-refractivity contribution in [3.63, 3.8) is 0 Å². The van der Waals surface area contributed by atoms with Crippen LogP contribution in [0.15, 0.2) is 0 Å². The molecule has 0 spiro atoms. The van der Waals surface area contributed by atoms with E-state index in [0.29, 0.717) is 12.8 Å². The van der Waals surface area contributed by atoms with Gasteiger partial charge in [0, 0.05) is 12.1 Å². The molecule has 0 heterocycles. The van der Waals surface area contributed by atoms with Gasteiger partial charge in [-0.1, -0.05) is 0 Å². The zero-order valence-corrected chi connectivity index (χ0v) is 15.9. The average molecular weight is 362 g/mol. The summed E-state index contributed by atoms with van der Waals surface area (Å²) in [6.45, 7) is 0. The van der Waals surface area contributed by atoms with Gasteiger partial charge in [-0.15, -0.1) is 0 Å². The molecule has 4 N–H and O–H groups in total. The second kappa shape index (κ2) is 16.2. The van der Waals surface area contributed by atoms with Gasteiger partial charge >= 0.3 is 19.5 Å². The first-order chi connectivity index (χ1) is 8.36. The van der Waals surface area contributed by atoms with Crippen molar-refractivity contribution in [2.24, 2.45) is 11.5 Å². The second-order valence-electron chi connectivity index (χ2n) is 3.41. The molecule has 0 aromatic heterocycles. The average Bonchev–Trinajstić information content (AvgIpc) is 2.33. The quantitative estimate of drug-likeness (QED) is 0.458. The molecule has 0 aliphatic carbocycles. The molecule has 0 saturated heterocycles. The molecule has 0 aromatic carbocycles. The summed E-state index contributed by atoms with van der Waals surface area (Å²) < 4.78 is 0. The molecule has 0 radical (unpaired) electrons. The van der Waals surface area contributed by atoms with Crippen LogP contribution < -0.4 is 21.7 Å². The second-order valence-corrected chi connectivity index (χ2v) is 5.39. The molecule has 0 bridgehead atoms. The zero-order chi connectivity index (χ0) is 14.6. The minimum Gasteiger partial charge on any atom is -0.548 e. The van der Waals surface area contributed by atoms with E-state index in [9.17, 15) is 19.8 Å². The Bertz CT molecular complexity index is 224. The Kier molecular flexibility index (Phi) is 20.7. The van der Waals surface area contributed by atoms with E-state index < -0.39 is 24.0 Å². The number of carboxylic acids is 2. The van der Waals surface area contributed by atoms with Crippen LogP contribution in [0, 0.1) is 0 Å². The summed E-state index contributed by atoms with van der Waals surface area (Å²) in [5, 5.41) is 19.9. The third kappa shape index (κ3) is 18.2. The van der Waals surface area contributed by atoms with Gasteiger partial charge in [0.15, 0.2) is 0 Å². The molecule has 0 saturated carbocycles. The van der Waals surface area contributed by atoms with E-state index in [4.69, 9.17) is 11.5 Å². The van der Waals surface area contributed by atoms with Gasteiger partial charge in [-0.3, -0.25) is 0 Å². The van der Waals surface area contributed by atoms with Crippen LogP contribution in [-0.4, -0.2) is 48.0 Å². The molecule has 0 aromatic rings. The third-order valence-corrected chi connectivity index (χ3v) is 3.16. The van der Waals surface area contributed by atoms with Gasteiger partial charge in [-0.05, 0) is 36.9 Å². The molecule has 0 fully saturated rings. The smallest absolute Gasteiger partial charge is 0.548 e. The number of carbonyl (C=O) groups is 2. The summed E-state index contributed by atoms with van der Waals surface area (Å²) in [6, 6.07) is -1.59. The third-order valence-electron chi connectivity index (χ3n) is 1.87. The Hall–Kier alpha value is 0.183. The largest absolute Gasteiger partial charge is 2.00 e. The first-order valence-corrected chi connectivity index (χ1v) is 8.06. The van der Waals surface area contributed by atoms with E-state index >= 15 is 0 Å². The molecule has 19 heavy (non-hydrogen) atoms. The Labute approximate surface area is 135 Å². The minimum atomic E-state index is -1.16. The number of nitrogens with two attached hydrogens (primary N) is 2. The molecular weight excluding hydrogens is 342 g/mol. The number of hydrogen-bond acceptors (Lipinski definition) is 8. The maximum Gasteiger partial charge on any atom is 2.00 e. The Morgan fingerprint density at radius 1 is 0.947 bits per heavy atom. The normalized spacial score (nSPS) is 12.4. The van der Waals surface area contributed by atoms with E-state index in [-0.39, 0.29) is 19.5 Å². The summed E-state index contributed by atoms with van der Waals surface area (Å²) in [4.78, 5) is 19.9. The van der Waals surface area contributed by atoms with Crippen LogP contribution in [0.25, 0.3) is 0 Å². The van der Waals surface area contributed by atoms with Crippen LogP contribution in [0.3, 0.4) is 0 Å². The van der Waals surface area contributed by atoms with E-state index in [1.807, 2.05) is 12.5 Å². The van der Waals surface area contributed by atoms with E-state index in [2.05, 4.69) is 0 Å². The SMILES string of the molecule is CSCC[C@H](N)C(=O)[O-].CSCC[C@H](N)C(=O)[O-].[Zn+2]. The number of rotatable bonds is 8. The predicted octanol–water partition coefficient (Wildman–Crippen LogP) is -2.37. The van der Waals surface area contributed by atoms with E-state index in [1.165, 1.54) is 0 Å². The van der Waals surface area contributed by atoms with Crippen LogP contribution in [0.5, 0.6) is 0 Å². The number of hydrogen-bond donors (Lipinski definition) is 2. The van der Waals surface area contributed by atoms with Crippen molar-refractivity contribution in [1.82, 2.24) is 0 Å². The van der Waals surface area contributed by atoms with Crippen LogP contribution in [-0.2, 0) is 29.1 Å². The summed E-state index contributed by atoms with van der Waals surface area (Å²) >= 11 is 3.15. The van der Waals surface area contributed by atoms with Crippen LogP contribution in [0.2, 0.25) is 0 Å². The number of carboxylic acid groups (broad SMARTS) is 2. The summed E-state index contributed by atoms with van der Waals surface area (Å²) in [6.07, 6.45) is 4.79. The van der Waals surface area contributed by atoms with Crippen molar-refractivity contribution in [3.8, 4) is 0 Å². The van der Waals surface area contributed by atoms with Crippen molar-refractivity contribution in [3.05, 3.63) is 0 Å². The van der Waals surface area contributed by atoms with Crippen LogP contribution >= 0.6 is 23.5 Å². The Balaban J connectivity index is -0.000000256. The molecular formula is C10H20N2O4S2Zn. The molecule has 0 unspecified atom stereocenters. The van der Waals surface area contributed by atoms with E-state index in [0.717, 1.165) is 11.5 Å². The summed E-state index contributed by atoms with van der Waals surface area (Å²) in [7, 11) is 0. The molecule has 0 aliphatic heterocycles. The van der Waals surface area contributed by atoms with Gasteiger partial charge in [0.05, 0.1) is 11.9 Å². The maximum absolute atomic E-state index is 9.96. The first kappa shape index (κ1) is 24.2. The van der Waals surface area contributed by atoms with Gasteiger partial charge < -0.3 is 31.3 Å². The van der Waals surface area contributed by atoms with Crippen LogP contribution in [0.1, 0.15) is 12.8 Å². The number of thioether (sulfide) groups is 2. The van der Waals surface area contributed by atoms with Crippen molar-refractivity contribution in [2.45, 2.75) is 24.9 Å². The Morgan fingerprint density at radius 3 is 1.37 bits per heavy atom. The fourth-order valence-electron chi connectivity index (χ4n) is 0.725. The zero-order valence-electron chi connectivity index (χ0n) is 11.3. The Morgan fingerprint density at radius 2 is 1.21 bits per heavy atom. The molecule has 108 valence electrons. The molecule has 6 nitrogen and oxygen atoms in total. The van der Waals surface area contributed by atoms with Gasteiger partial charge in [-0.2, -0.15) is 23.5 Å². The van der Waals surface area contributed by atoms with Crippen molar-refractivity contribution in [1.29, 1.82) is 0 Å². The van der Waals surface area contributed by atoms with Crippen molar-refractivity contribution < 1.29 is 39.3 Å². The fourth-order valence-corrected chi connectivity index (χ4v) is 1.70. The molecule has 9 heteroatoms. The minimum absolute atomic E-state index is 0. The monoisotopic (exact) mass is 360 g/mol.